The summed E-state index contributed by atoms with van der Waals surface area (Å²) in [6, 6.07) is 12.4. The van der Waals surface area contributed by atoms with Gasteiger partial charge >= 0.3 is 0 Å². The van der Waals surface area contributed by atoms with Crippen LogP contribution < -0.4 is 5.73 Å². The Morgan fingerprint density at radius 3 is 2.50 bits per heavy atom. The van der Waals surface area contributed by atoms with Gasteiger partial charge in [-0.25, -0.2) is 0 Å². The third kappa shape index (κ3) is 3.69. The Labute approximate surface area is 115 Å². The maximum atomic E-state index is 6.17. The van der Waals surface area contributed by atoms with Crippen molar-refractivity contribution in [3.8, 4) is 0 Å². The van der Waals surface area contributed by atoms with Crippen LogP contribution >= 0.6 is 12.4 Å². The van der Waals surface area contributed by atoms with Crippen molar-refractivity contribution < 1.29 is 0 Å². The summed E-state index contributed by atoms with van der Waals surface area (Å²) in [5.74, 6) is 0.696. The molecule has 0 saturated heterocycles. The molecule has 0 aliphatic heterocycles. The first kappa shape index (κ1) is 14.9. The van der Waals surface area contributed by atoms with Crippen molar-refractivity contribution in [1.29, 1.82) is 0 Å². The zero-order valence-corrected chi connectivity index (χ0v) is 11.8. The zero-order valence-electron chi connectivity index (χ0n) is 11.0. The lowest BCUT2D eigenvalue weighted by Crippen LogP contribution is -2.12. The number of rotatable bonds is 4. The van der Waals surface area contributed by atoms with Crippen LogP contribution in [0, 0.1) is 5.92 Å². The Morgan fingerprint density at radius 2 is 1.78 bits per heavy atom. The highest BCUT2D eigenvalue weighted by Gasteiger charge is 2.08. The van der Waals surface area contributed by atoms with Crippen molar-refractivity contribution in [2.24, 2.45) is 11.7 Å². The molecule has 0 fully saturated rings. The van der Waals surface area contributed by atoms with Crippen molar-refractivity contribution in [2.75, 3.05) is 0 Å². The molecule has 1 atom stereocenters. The predicted octanol–water partition coefficient (Wildman–Crippen LogP) is 4.09. The van der Waals surface area contributed by atoms with Crippen LogP contribution in [0.5, 0.6) is 0 Å². The summed E-state index contributed by atoms with van der Waals surface area (Å²) in [5, 5.41) is 1.17. The molecule has 0 bridgehead atoms. The van der Waals surface area contributed by atoms with E-state index in [0.717, 1.165) is 24.1 Å². The molecular weight excluding hydrogens is 244 g/mol. The summed E-state index contributed by atoms with van der Waals surface area (Å²) >= 11 is 0. The molecule has 2 nitrogen and oxygen atoms in total. The molecule has 98 valence electrons. The monoisotopic (exact) mass is 264 g/mol. The zero-order chi connectivity index (χ0) is 12.3. The minimum Gasteiger partial charge on any atom is -0.323 e. The summed E-state index contributed by atoms with van der Waals surface area (Å²) in [5.41, 5.74) is 8.21. The van der Waals surface area contributed by atoms with E-state index in [9.17, 15) is 0 Å². The Balaban J connectivity index is 0.00000162. The molecular formula is C15H21ClN2. The molecule has 0 saturated carbocycles. The molecule has 0 radical (unpaired) electrons. The van der Waals surface area contributed by atoms with Crippen molar-refractivity contribution in [3.63, 3.8) is 0 Å². The standard InChI is InChI=1S/C15H20N2.ClH/c1-11(2)7-9-13(16)15-10-8-12-5-3-4-6-14(12)17-15;/h3-6,8,10-11,13H,7,9,16H2,1-2H3;1H/t13-;/m0./s1. The lowest BCUT2D eigenvalue weighted by molar-refractivity contribution is 0.502. The molecule has 2 N–H and O–H groups in total. The number of hydrogen-bond acceptors (Lipinski definition) is 2. The van der Waals surface area contributed by atoms with Gasteiger partial charge in [-0.15, -0.1) is 12.4 Å². The average molecular weight is 265 g/mol. The predicted molar refractivity (Wildman–Crippen MR) is 80.0 cm³/mol. The van der Waals surface area contributed by atoms with Gasteiger partial charge in [-0.05, 0) is 30.9 Å². The molecule has 18 heavy (non-hydrogen) atoms. The molecule has 3 heteroatoms. The third-order valence-electron chi connectivity index (χ3n) is 3.05. The molecule has 1 heterocycles. The topological polar surface area (TPSA) is 38.9 Å². The van der Waals surface area contributed by atoms with Crippen molar-refractivity contribution >= 4 is 23.3 Å². The summed E-state index contributed by atoms with van der Waals surface area (Å²) < 4.78 is 0. The number of pyridine rings is 1. The fourth-order valence-electron chi connectivity index (χ4n) is 1.95. The van der Waals surface area contributed by atoms with Gasteiger partial charge in [0.15, 0.2) is 0 Å². The number of para-hydroxylation sites is 1. The molecule has 0 unspecified atom stereocenters. The fraction of sp³-hybridized carbons (Fsp3) is 0.400. The van der Waals surface area contributed by atoms with Crippen LogP contribution in [0.1, 0.15) is 38.4 Å². The first-order chi connectivity index (χ1) is 8.16. The normalized spacial score (nSPS) is 12.4. The van der Waals surface area contributed by atoms with Gasteiger partial charge in [0, 0.05) is 11.4 Å². The van der Waals surface area contributed by atoms with Gasteiger partial charge in [-0.2, -0.15) is 0 Å². The van der Waals surface area contributed by atoms with Gasteiger partial charge in [-0.3, -0.25) is 4.98 Å². The number of benzene rings is 1. The minimum atomic E-state index is 0. The fourth-order valence-corrected chi connectivity index (χ4v) is 1.95. The second-order valence-electron chi connectivity index (χ2n) is 5.01. The number of nitrogens with two attached hydrogens (primary N) is 1. The van der Waals surface area contributed by atoms with E-state index in [4.69, 9.17) is 5.73 Å². The van der Waals surface area contributed by atoms with Gasteiger partial charge < -0.3 is 5.73 Å². The first-order valence-corrected chi connectivity index (χ1v) is 6.28. The molecule has 0 aliphatic carbocycles. The largest absolute Gasteiger partial charge is 0.323 e. The molecule has 0 aliphatic rings. The van der Waals surface area contributed by atoms with E-state index in [1.54, 1.807) is 0 Å². The van der Waals surface area contributed by atoms with E-state index in [1.165, 1.54) is 5.39 Å². The number of aromatic nitrogens is 1. The maximum absolute atomic E-state index is 6.17. The van der Waals surface area contributed by atoms with Gasteiger partial charge in [0.2, 0.25) is 0 Å². The van der Waals surface area contributed by atoms with Crippen LogP contribution in [-0.2, 0) is 0 Å². The quantitative estimate of drug-likeness (QED) is 0.903. The summed E-state index contributed by atoms with van der Waals surface area (Å²) in [7, 11) is 0. The van der Waals surface area contributed by atoms with E-state index in [1.807, 2.05) is 24.3 Å². The molecule has 1 aromatic heterocycles. The summed E-state index contributed by atoms with van der Waals surface area (Å²) in [4.78, 5) is 4.63. The van der Waals surface area contributed by atoms with Crippen molar-refractivity contribution in [1.82, 2.24) is 4.98 Å². The van der Waals surface area contributed by atoms with E-state index < -0.39 is 0 Å². The van der Waals surface area contributed by atoms with Gasteiger partial charge in [0.25, 0.3) is 0 Å². The smallest absolute Gasteiger partial charge is 0.0706 e. The highest BCUT2D eigenvalue weighted by Crippen LogP contribution is 2.19. The Morgan fingerprint density at radius 1 is 1.06 bits per heavy atom. The van der Waals surface area contributed by atoms with E-state index in [-0.39, 0.29) is 18.4 Å². The highest BCUT2D eigenvalue weighted by molar-refractivity contribution is 5.85. The van der Waals surface area contributed by atoms with Crippen LogP contribution in [0.4, 0.5) is 0 Å². The second kappa shape index (κ2) is 6.72. The molecule has 1 aromatic carbocycles. The minimum absolute atomic E-state index is 0. The van der Waals surface area contributed by atoms with Crippen molar-refractivity contribution in [3.05, 3.63) is 42.1 Å². The lowest BCUT2D eigenvalue weighted by Gasteiger charge is -2.13. The van der Waals surface area contributed by atoms with Crippen molar-refractivity contribution in [2.45, 2.75) is 32.7 Å². The van der Waals surface area contributed by atoms with Crippen LogP contribution in [0.2, 0.25) is 0 Å². The lowest BCUT2D eigenvalue weighted by atomic mass is 10.0. The van der Waals surface area contributed by atoms with Gasteiger partial charge in [0.1, 0.15) is 0 Å². The number of fused-ring (bicyclic) bond motifs is 1. The van der Waals surface area contributed by atoms with E-state index in [0.29, 0.717) is 5.92 Å². The Hall–Kier alpha value is -1.12. The number of halogens is 1. The second-order valence-corrected chi connectivity index (χ2v) is 5.01. The van der Waals surface area contributed by atoms with Crippen LogP contribution in [-0.4, -0.2) is 4.98 Å². The number of nitrogens with zero attached hydrogens (tertiary/aromatic N) is 1. The van der Waals surface area contributed by atoms with Crippen LogP contribution in [0.25, 0.3) is 10.9 Å². The Kier molecular flexibility index (Phi) is 5.57. The molecule has 2 rings (SSSR count). The summed E-state index contributed by atoms with van der Waals surface area (Å²) in [6.45, 7) is 4.45. The number of hydrogen-bond donors (Lipinski definition) is 1. The Bertz CT molecular complexity index is 497. The molecule has 0 spiro atoms. The van der Waals surface area contributed by atoms with Crippen LogP contribution in [0.15, 0.2) is 36.4 Å². The van der Waals surface area contributed by atoms with E-state index >= 15 is 0 Å². The SMILES string of the molecule is CC(C)CC[C@H](N)c1ccc2ccccc2n1.Cl. The van der Waals surface area contributed by atoms with Crippen LogP contribution in [0.3, 0.4) is 0 Å². The first-order valence-electron chi connectivity index (χ1n) is 6.28. The van der Waals surface area contributed by atoms with E-state index in [2.05, 4.69) is 31.0 Å². The molecule has 0 amide bonds. The third-order valence-corrected chi connectivity index (χ3v) is 3.05. The van der Waals surface area contributed by atoms with Gasteiger partial charge in [0.05, 0.1) is 11.2 Å². The summed E-state index contributed by atoms with van der Waals surface area (Å²) in [6.07, 6.45) is 2.15. The average Bonchev–Trinajstić information content (AvgIpc) is 2.35. The van der Waals surface area contributed by atoms with Gasteiger partial charge in [-0.1, -0.05) is 38.1 Å². The maximum Gasteiger partial charge on any atom is 0.0706 e. The molecule has 2 aromatic rings. The highest BCUT2D eigenvalue weighted by atomic mass is 35.5.